The molecular weight excluding hydrogens is 596 g/mol. The number of Topliss-reactive ketones (excluding diaryl/α,β-unsaturated/α-hetero) is 1. The minimum atomic E-state index is -1.18. The van der Waals surface area contributed by atoms with Crippen LogP contribution < -0.4 is 14.5 Å². The Labute approximate surface area is 271 Å². The number of phenolic OH excluding ortho intramolecular Hbond substituents is 1. The summed E-state index contributed by atoms with van der Waals surface area (Å²) in [7, 11) is 0. The zero-order chi connectivity index (χ0) is 32.8. The highest BCUT2D eigenvalue weighted by Gasteiger charge is 2.68. The molecule has 2 saturated heterocycles. The summed E-state index contributed by atoms with van der Waals surface area (Å²) in [5.41, 5.74) is 2.59. The Hall–Kier alpha value is -5.31. The Balaban J connectivity index is 1.23. The van der Waals surface area contributed by atoms with Gasteiger partial charge < -0.3 is 9.84 Å². The molecule has 3 aliphatic heterocycles. The molecule has 3 heterocycles. The zero-order valence-corrected chi connectivity index (χ0v) is 25.9. The molecule has 6 atom stereocenters. The fraction of sp³-hybridized carbons (Fsp3) is 0.289. The summed E-state index contributed by atoms with van der Waals surface area (Å²) in [6, 6.07) is 20.2. The Kier molecular flexibility index (Phi) is 6.41. The van der Waals surface area contributed by atoms with Crippen molar-refractivity contribution in [3.8, 4) is 11.5 Å². The molecule has 0 bridgehead atoms. The largest absolute Gasteiger partial charge is 0.508 e. The van der Waals surface area contributed by atoms with Crippen molar-refractivity contribution in [1.82, 2.24) is 0 Å². The van der Waals surface area contributed by atoms with Gasteiger partial charge in [0.25, 0.3) is 0 Å². The molecule has 236 valence electrons. The van der Waals surface area contributed by atoms with E-state index in [2.05, 4.69) is 0 Å². The van der Waals surface area contributed by atoms with Crippen LogP contribution in [0.1, 0.15) is 42.6 Å². The van der Waals surface area contributed by atoms with Gasteiger partial charge in [-0.25, -0.2) is 4.90 Å². The van der Waals surface area contributed by atoms with Crippen LogP contribution in [0.25, 0.3) is 0 Å². The monoisotopic (exact) mass is 628 g/mol. The quantitative estimate of drug-likeness (QED) is 0.234. The molecule has 3 aromatic carbocycles. The number of benzene rings is 3. The Morgan fingerprint density at radius 1 is 0.872 bits per heavy atom. The SMILES string of the molecule is CC(=O)c1ccc(N2C(=O)C3CC=C4C(CC5C(=O)N(c6ccccc6)C(=O)C5(C)C4C4=COc5ccc(O)cc5C4)C3C2=O)cc1. The van der Waals surface area contributed by atoms with E-state index >= 15 is 0 Å². The second-order valence-corrected chi connectivity index (χ2v) is 13.4. The van der Waals surface area contributed by atoms with Crippen molar-refractivity contribution in [2.75, 3.05) is 9.80 Å². The third kappa shape index (κ3) is 4.11. The van der Waals surface area contributed by atoms with Crippen LogP contribution in [-0.4, -0.2) is 34.5 Å². The smallest absolute Gasteiger partial charge is 0.241 e. The molecule has 3 fully saturated rings. The molecule has 5 aliphatic rings. The lowest BCUT2D eigenvalue weighted by Crippen LogP contribution is -2.51. The first-order chi connectivity index (χ1) is 22.6. The Morgan fingerprint density at radius 3 is 2.32 bits per heavy atom. The number of ether oxygens (including phenoxy) is 1. The number of imide groups is 2. The van der Waals surface area contributed by atoms with E-state index in [4.69, 9.17) is 4.74 Å². The van der Waals surface area contributed by atoms with Gasteiger partial charge in [-0.3, -0.25) is 28.9 Å². The van der Waals surface area contributed by atoms with Crippen LogP contribution >= 0.6 is 0 Å². The number of amides is 4. The summed E-state index contributed by atoms with van der Waals surface area (Å²) in [4.78, 5) is 71.4. The number of allylic oxidation sites excluding steroid dienone is 3. The molecule has 3 aromatic rings. The molecule has 1 saturated carbocycles. The Bertz CT molecular complexity index is 1960. The Morgan fingerprint density at radius 2 is 1.60 bits per heavy atom. The third-order valence-corrected chi connectivity index (χ3v) is 11.0. The summed E-state index contributed by atoms with van der Waals surface area (Å²) < 4.78 is 6.05. The first-order valence-electron chi connectivity index (χ1n) is 15.9. The normalized spacial score (nSPS) is 29.4. The molecule has 9 nitrogen and oxygen atoms in total. The molecular formula is C38H32N2O7. The van der Waals surface area contributed by atoms with Crippen LogP contribution in [0.2, 0.25) is 0 Å². The molecule has 47 heavy (non-hydrogen) atoms. The van der Waals surface area contributed by atoms with Gasteiger partial charge in [0.15, 0.2) is 5.78 Å². The first-order valence-corrected chi connectivity index (χ1v) is 15.9. The van der Waals surface area contributed by atoms with Crippen LogP contribution in [0.15, 0.2) is 96.3 Å². The molecule has 0 spiro atoms. The molecule has 9 heteroatoms. The van der Waals surface area contributed by atoms with E-state index in [1.54, 1.807) is 73.0 Å². The second-order valence-electron chi connectivity index (χ2n) is 13.4. The third-order valence-electron chi connectivity index (χ3n) is 11.0. The van der Waals surface area contributed by atoms with E-state index in [-0.39, 0.29) is 41.6 Å². The highest BCUT2D eigenvalue weighted by atomic mass is 16.5. The maximum atomic E-state index is 14.6. The van der Waals surface area contributed by atoms with Gasteiger partial charge >= 0.3 is 0 Å². The standard InChI is InChI=1S/C38H32N2O7/c1-20(41)21-8-10-25(11-9-21)39-34(43)28-14-13-27-29(32(28)36(39)45)18-30-35(44)40(24-6-4-3-5-7-24)37(46)38(30,2)33(27)23-16-22-17-26(42)12-15-31(22)47-19-23/h3-13,15,17,19,28-30,32-33,42H,14,16,18H2,1-2H3. The van der Waals surface area contributed by atoms with Crippen molar-refractivity contribution >= 4 is 40.8 Å². The summed E-state index contributed by atoms with van der Waals surface area (Å²) in [5, 5.41) is 10.2. The van der Waals surface area contributed by atoms with Crippen LogP contribution in [0.3, 0.4) is 0 Å². The van der Waals surface area contributed by atoms with E-state index in [0.717, 1.165) is 16.7 Å². The number of fused-ring (bicyclic) bond motifs is 5. The highest BCUT2D eigenvalue weighted by Crippen LogP contribution is 2.63. The van der Waals surface area contributed by atoms with Gasteiger partial charge in [0.1, 0.15) is 11.5 Å². The molecule has 4 amide bonds. The van der Waals surface area contributed by atoms with Crippen molar-refractivity contribution < 1.29 is 33.8 Å². The van der Waals surface area contributed by atoms with Crippen molar-refractivity contribution in [3.63, 3.8) is 0 Å². The van der Waals surface area contributed by atoms with Gasteiger partial charge in [-0.2, -0.15) is 0 Å². The minimum absolute atomic E-state index is 0.0906. The van der Waals surface area contributed by atoms with Crippen LogP contribution in [0.4, 0.5) is 11.4 Å². The average molecular weight is 629 g/mol. The number of ketones is 1. The minimum Gasteiger partial charge on any atom is -0.508 e. The number of phenols is 1. The van der Waals surface area contributed by atoms with Crippen molar-refractivity contribution in [3.05, 3.63) is 107 Å². The number of nitrogens with zero attached hydrogens (tertiary/aromatic N) is 2. The lowest BCUT2D eigenvalue weighted by molar-refractivity contribution is -0.132. The zero-order valence-electron chi connectivity index (χ0n) is 25.9. The van der Waals surface area contributed by atoms with E-state index in [1.165, 1.54) is 16.7 Å². The molecule has 8 rings (SSSR count). The van der Waals surface area contributed by atoms with Gasteiger partial charge in [-0.15, -0.1) is 0 Å². The van der Waals surface area contributed by atoms with Crippen molar-refractivity contribution in [2.24, 2.45) is 35.0 Å². The fourth-order valence-electron chi connectivity index (χ4n) is 8.77. The lowest BCUT2D eigenvalue weighted by atomic mass is 9.51. The van der Waals surface area contributed by atoms with Gasteiger partial charge in [0.05, 0.1) is 40.8 Å². The maximum Gasteiger partial charge on any atom is 0.241 e. The predicted molar refractivity (Wildman–Crippen MR) is 171 cm³/mol. The van der Waals surface area contributed by atoms with Crippen LogP contribution in [0.5, 0.6) is 11.5 Å². The highest BCUT2D eigenvalue weighted by molar-refractivity contribution is 6.25. The number of aromatic hydroxyl groups is 1. The summed E-state index contributed by atoms with van der Waals surface area (Å²) in [5.74, 6) is -3.82. The maximum absolute atomic E-state index is 14.6. The van der Waals surface area contributed by atoms with Crippen LogP contribution in [-0.2, 0) is 25.6 Å². The van der Waals surface area contributed by atoms with Crippen molar-refractivity contribution in [1.29, 1.82) is 0 Å². The van der Waals surface area contributed by atoms with Crippen molar-refractivity contribution in [2.45, 2.75) is 33.1 Å². The topological polar surface area (TPSA) is 121 Å². The molecule has 0 radical (unpaired) electrons. The number of carbonyl (C=O) groups is 5. The van der Waals surface area contributed by atoms with Gasteiger partial charge in [0, 0.05) is 23.5 Å². The van der Waals surface area contributed by atoms with E-state index in [1.807, 2.05) is 19.1 Å². The fourth-order valence-corrected chi connectivity index (χ4v) is 8.77. The second kappa shape index (κ2) is 10.4. The number of rotatable bonds is 4. The van der Waals surface area contributed by atoms with Gasteiger partial charge in [-0.1, -0.05) is 29.8 Å². The lowest BCUT2D eigenvalue weighted by Gasteiger charge is -2.49. The molecule has 1 N–H and O–H groups in total. The van der Waals surface area contributed by atoms with Crippen LogP contribution in [0, 0.1) is 35.0 Å². The number of hydrogen-bond donors (Lipinski definition) is 1. The number of anilines is 2. The number of carbonyl (C=O) groups excluding carboxylic acids is 5. The molecule has 2 aliphatic carbocycles. The summed E-state index contributed by atoms with van der Waals surface area (Å²) in [6.45, 7) is 3.30. The molecule has 0 aromatic heterocycles. The first kappa shape index (κ1) is 29.1. The predicted octanol–water partition coefficient (Wildman–Crippen LogP) is 5.38. The van der Waals surface area contributed by atoms with E-state index < -0.39 is 35.0 Å². The number of hydrogen-bond acceptors (Lipinski definition) is 7. The average Bonchev–Trinajstić information content (AvgIpc) is 3.44. The van der Waals surface area contributed by atoms with E-state index in [0.29, 0.717) is 35.5 Å². The van der Waals surface area contributed by atoms with E-state index in [9.17, 15) is 29.1 Å². The number of para-hydroxylation sites is 1. The summed E-state index contributed by atoms with van der Waals surface area (Å²) >= 11 is 0. The summed E-state index contributed by atoms with van der Waals surface area (Å²) in [6.07, 6.45) is 4.59. The van der Waals surface area contributed by atoms with Gasteiger partial charge in [-0.05, 0) is 92.8 Å². The van der Waals surface area contributed by atoms with Gasteiger partial charge in [0.2, 0.25) is 23.6 Å². The molecule has 6 unspecified atom stereocenters.